The third kappa shape index (κ3) is 5.12. The number of nitrogens with zero attached hydrogens (tertiary/aromatic N) is 1. The molecule has 0 atom stereocenters. The number of aromatic nitrogens is 1. The van der Waals surface area contributed by atoms with Gasteiger partial charge in [-0.05, 0) is 18.2 Å². The average molecular weight is 355 g/mol. The third-order valence-electron chi connectivity index (χ3n) is 2.71. The van der Waals surface area contributed by atoms with Crippen LogP contribution in [-0.2, 0) is 9.59 Å². The van der Waals surface area contributed by atoms with Crippen molar-refractivity contribution < 1.29 is 19.4 Å². The molecule has 2 N–H and O–H groups in total. The molecule has 2 rings (SSSR count). The number of nitrogens with one attached hydrogen (secondary N) is 1. The number of halogens is 2. The van der Waals surface area contributed by atoms with E-state index in [4.69, 9.17) is 33.0 Å². The van der Waals surface area contributed by atoms with Crippen LogP contribution in [0.3, 0.4) is 0 Å². The average Bonchev–Trinajstić information content (AvgIpc) is 2.51. The number of carbonyl (C=O) groups excluding carboxylic acids is 1. The van der Waals surface area contributed by atoms with Gasteiger partial charge in [0.2, 0.25) is 11.8 Å². The SMILES string of the molecule is O=C(O)CCC(=O)Nc1ccc(Oc2c(Cl)cccc2Cl)nc1. The Balaban J connectivity index is 1.99. The number of hydrogen-bond donors (Lipinski definition) is 2. The lowest BCUT2D eigenvalue weighted by Crippen LogP contribution is -2.13. The molecule has 0 radical (unpaired) electrons. The van der Waals surface area contributed by atoms with E-state index in [1.54, 1.807) is 24.3 Å². The van der Waals surface area contributed by atoms with Crippen molar-refractivity contribution in [2.24, 2.45) is 0 Å². The molecular weight excluding hydrogens is 343 g/mol. The molecule has 120 valence electrons. The molecule has 2 aromatic rings. The molecule has 0 aliphatic carbocycles. The van der Waals surface area contributed by atoms with Crippen LogP contribution in [0.15, 0.2) is 36.5 Å². The summed E-state index contributed by atoms with van der Waals surface area (Å²) in [7, 11) is 0. The Hall–Kier alpha value is -2.31. The van der Waals surface area contributed by atoms with E-state index < -0.39 is 11.9 Å². The lowest BCUT2D eigenvalue weighted by Gasteiger charge is -2.09. The van der Waals surface area contributed by atoms with Crippen LogP contribution in [0.25, 0.3) is 0 Å². The van der Waals surface area contributed by atoms with Gasteiger partial charge in [-0.2, -0.15) is 0 Å². The second-order valence-corrected chi connectivity index (χ2v) is 5.29. The van der Waals surface area contributed by atoms with Gasteiger partial charge in [-0.25, -0.2) is 4.98 Å². The lowest BCUT2D eigenvalue weighted by atomic mass is 10.3. The van der Waals surface area contributed by atoms with Crippen molar-refractivity contribution in [1.82, 2.24) is 4.98 Å². The molecule has 1 aromatic carbocycles. The van der Waals surface area contributed by atoms with Gasteiger partial charge in [0.1, 0.15) is 0 Å². The molecular formula is C15H12Cl2N2O4. The van der Waals surface area contributed by atoms with Crippen LogP contribution >= 0.6 is 23.2 Å². The van der Waals surface area contributed by atoms with Crippen LogP contribution in [0.2, 0.25) is 10.0 Å². The van der Waals surface area contributed by atoms with Crippen molar-refractivity contribution in [3.8, 4) is 11.6 Å². The minimum atomic E-state index is -1.03. The maximum Gasteiger partial charge on any atom is 0.303 e. The number of benzene rings is 1. The second-order valence-electron chi connectivity index (χ2n) is 4.48. The fraction of sp³-hybridized carbons (Fsp3) is 0.133. The number of ether oxygens (including phenoxy) is 1. The molecule has 1 amide bonds. The smallest absolute Gasteiger partial charge is 0.303 e. The summed E-state index contributed by atoms with van der Waals surface area (Å²) in [6, 6.07) is 8.08. The zero-order valence-corrected chi connectivity index (χ0v) is 13.3. The Kier molecular flexibility index (Phi) is 5.78. The molecule has 1 heterocycles. The number of hydrogen-bond acceptors (Lipinski definition) is 4. The van der Waals surface area contributed by atoms with E-state index in [-0.39, 0.29) is 18.7 Å². The summed E-state index contributed by atoms with van der Waals surface area (Å²) in [5, 5.41) is 11.8. The van der Waals surface area contributed by atoms with Crippen molar-refractivity contribution in [2.75, 3.05) is 5.32 Å². The molecule has 0 bridgehead atoms. The van der Waals surface area contributed by atoms with Crippen LogP contribution in [-0.4, -0.2) is 22.0 Å². The largest absolute Gasteiger partial charge is 0.481 e. The van der Waals surface area contributed by atoms with E-state index in [1.165, 1.54) is 12.3 Å². The van der Waals surface area contributed by atoms with Gasteiger partial charge in [0.15, 0.2) is 5.75 Å². The first-order valence-electron chi connectivity index (χ1n) is 6.55. The highest BCUT2D eigenvalue weighted by Crippen LogP contribution is 2.35. The molecule has 6 nitrogen and oxygen atoms in total. The first kappa shape index (κ1) is 17.1. The molecule has 0 spiro atoms. The van der Waals surface area contributed by atoms with Gasteiger partial charge in [0.25, 0.3) is 0 Å². The second kappa shape index (κ2) is 7.80. The van der Waals surface area contributed by atoms with Crippen molar-refractivity contribution in [3.63, 3.8) is 0 Å². The number of carboxylic acids is 1. The van der Waals surface area contributed by atoms with E-state index in [2.05, 4.69) is 10.3 Å². The van der Waals surface area contributed by atoms with Gasteiger partial charge in [0.05, 0.1) is 28.4 Å². The summed E-state index contributed by atoms with van der Waals surface area (Å²) in [4.78, 5) is 25.9. The molecule has 0 saturated heterocycles. The predicted molar refractivity (Wildman–Crippen MR) is 86.3 cm³/mol. The predicted octanol–water partition coefficient (Wildman–Crippen LogP) is 3.98. The number of carboxylic acid groups (broad SMARTS) is 1. The Bertz CT molecular complexity index is 700. The highest BCUT2D eigenvalue weighted by molar-refractivity contribution is 6.37. The van der Waals surface area contributed by atoms with Crippen LogP contribution in [0.5, 0.6) is 11.6 Å². The van der Waals surface area contributed by atoms with Gasteiger partial charge >= 0.3 is 5.97 Å². The third-order valence-corrected chi connectivity index (χ3v) is 3.31. The summed E-state index contributed by atoms with van der Waals surface area (Å²) in [6.45, 7) is 0. The van der Waals surface area contributed by atoms with Crippen molar-refractivity contribution in [1.29, 1.82) is 0 Å². The van der Waals surface area contributed by atoms with Crippen molar-refractivity contribution in [2.45, 2.75) is 12.8 Å². The van der Waals surface area contributed by atoms with E-state index in [0.29, 0.717) is 21.5 Å². The van der Waals surface area contributed by atoms with Crippen LogP contribution in [0.4, 0.5) is 5.69 Å². The summed E-state index contributed by atoms with van der Waals surface area (Å²) >= 11 is 12.0. The molecule has 0 aliphatic rings. The van der Waals surface area contributed by atoms with E-state index in [1.807, 2.05) is 0 Å². The quantitative estimate of drug-likeness (QED) is 0.818. The number of amides is 1. The molecule has 0 unspecified atom stereocenters. The minimum absolute atomic E-state index is 0.108. The molecule has 8 heteroatoms. The zero-order chi connectivity index (χ0) is 16.8. The Morgan fingerprint density at radius 1 is 1.13 bits per heavy atom. The molecule has 0 fully saturated rings. The van der Waals surface area contributed by atoms with Crippen molar-refractivity contribution >= 4 is 40.8 Å². The minimum Gasteiger partial charge on any atom is -0.481 e. The Labute approximate surface area is 142 Å². The molecule has 0 saturated carbocycles. The topological polar surface area (TPSA) is 88.5 Å². The number of carbonyl (C=O) groups is 2. The van der Waals surface area contributed by atoms with Crippen LogP contribution in [0, 0.1) is 0 Å². The number of pyridine rings is 1. The lowest BCUT2D eigenvalue weighted by molar-refractivity contribution is -0.138. The summed E-state index contributed by atoms with van der Waals surface area (Å²) < 4.78 is 5.51. The van der Waals surface area contributed by atoms with Crippen LogP contribution < -0.4 is 10.1 Å². The normalized spacial score (nSPS) is 10.2. The van der Waals surface area contributed by atoms with Gasteiger partial charge in [-0.1, -0.05) is 29.3 Å². The molecule has 23 heavy (non-hydrogen) atoms. The van der Waals surface area contributed by atoms with E-state index in [0.717, 1.165) is 0 Å². The fourth-order valence-corrected chi connectivity index (χ4v) is 2.12. The molecule has 0 aliphatic heterocycles. The van der Waals surface area contributed by atoms with Gasteiger partial charge in [-0.15, -0.1) is 0 Å². The monoisotopic (exact) mass is 354 g/mol. The Morgan fingerprint density at radius 3 is 2.39 bits per heavy atom. The van der Waals surface area contributed by atoms with Crippen LogP contribution in [0.1, 0.15) is 12.8 Å². The summed E-state index contributed by atoms with van der Waals surface area (Å²) in [6.07, 6.45) is 1.05. The number of para-hydroxylation sites is 1. The zero-order valence-electron chi connectivity index (χ0n) is 11.8. The fourth-order valence-electron chi connectivity index (χ4n) is 1.64. The first-order valence-corrected chi connectivity index (χ1v) is 7.31. The van der Waals surface area contributed by atoms with Gasteiger partial charge < -0.3 is 15.2 Å². The van der Waals surface area contributed by atoms with Gasteiger partial charge in [0, 0.05) is 12.5 Å². The Morgan fingerprint density at radius 2 is 1.83 bits per heavy atom. The van der Waals surface area contributed by atoms with E-state index >= 15 is 0 Å². The number of anilines is 1. The number of aliphatic carboxylic acids is 1. The summed E-state index contributed by atoms with van der Waals surface area (Å²) in [5.74, 6) is -0.888. The van der Waals surface area contributed by atoms with Gasteiger partial charge in [-0.3, -0.25) is 9.59 Å². The highest BCUT2D eigenvalue weighted by Gasteiger charge is 2.10. The summed E-state index contributed by atoms with van der Waals surface area (Å²) in [5.41, 5.74) is 0.429. The van der Waals surface area contributed by atoms with E-state index in [9.17, 15) is 9.59 Å². The maximum atomic E-state index is 11.5. The maximum absolute atomic E-state index is 11.5. The van der Waals surface area contributed by atoms with Crippen molar-refractivity contribution in [3.05, 3.63) is 46.6 Å². The molecule has 1 aromatic heterocycles. The first-order chi connectivity index (χ1) is 11.0. The highest BCUT2D eigenvalue weighted by atomic mass is 35.5. The standard InChI is InChI=1S/C15H12Cl2N2O4/c16-10-2-1-3-11(17)15(10)23-13-6-4-9(8-18-13)19-12(20)5-7-14(21)22/h1-4,6,8H,5,7H2,(H,19,20)(H,21,22). The number of rotatable bonds is 6.